The summed E-state index contributed by atoms with van der Waals surface area (Å²) in [7, 11) is 0. The number of aliphatic hydroxyl groups is 1. The molecule has 0 fully saturated rings. The molecule has 0 bridgehead atoms. The second kappa shape index (κ2) is 4.29. The van der Waals surface area contributed by atoms with Crippen molar-refractivity contribution in [1.29, 1.82) is 0 Å². The van der Waals surface area contributed by atoms with Gasteiger partial charge in [-0.1, -0.05) is 6.07 Å². The van der Waals surface area contributed by atoms with Gasteiger partial charge in [0.05, 0.1) is 17.1 Å². The molecule has 0 radical (unpaired) electrons. The van der Waals surface area contributed by atoms with Crippen LogP contribution in [-0.2, 0) is 0 Å². The molecule has 0 aliphatic heterocycles. The first-order chi connectivity index (χ1) is 6.49. The molecule has 1 rings (SSSR count). The van der Waals surface area contributed by atoms with Crippen molar-refractivity contribution in [3.63, 3.8) is 0 Å². The Labute approximate surface area is 91.7 Å². The average molecular weight is 260 g/mol. The van der Waals surface area contributed by atoms with Gasteiger partial charge >= 0.3 is 0 Å². The summed E-state index contributed by atoms with van der Waals surface area (Å²) < 4.78 is 0.649. The SMILES string of the molecule is Cc1cc([C@@H](N)CO)c(O)c(Br)c1C. The van der Waals surface area contributed by atoms with E-state index in [1.165, 1.54) is 0 Å². The van der Waals surface area contributed by atoms with Crippen molar-refractivity contribution in [3.05, 3.63) is 27.2 Å². The maximum Gasteiger partial charge on any atom is 0.134 e. The van der Waals surface area contributed by atoms with Crippen LogP contribution in [0.4, 0.5) is 0 Å². The maximum atomic E-state index is 9.77. The highest BCUT2D eigenvalue weighted by Crippen LogP contribution is 2.35. The van der Waals surface area contributed by atoms with E-state index >= 15 is 0 Å². The Balaban J connectivity index is 3.33. The normalized spacial score (nSPS) is 12.9. The van der Waals surface area contributed by atoms with E-state index in [2.05, 4.69) is 15.9 Å². The average Bonchev–Trinajstić information content (AvgIpc) is 2.19. The lowest BCUT2D eigenvalue weighted by Crippen LogP contribution is -2.15. The zero-order chi connectivity index (χ0) is 10.9. The van der Waals surface area contributed by atoms with Crippen LogP contribution in [0, 0.1) is 13.8 Å². The molecule has 0 aliphatic carbocycles. The highest BCUT2D eigenvalue weighted by Gasteiger charge is 2.15. The van der Waals surface area contributed by atoms with Gasteiger partial charge in [0.2, 0.25) is 0 Å². The Kier molecular flexibility index (Phi) is 3.53. The lowest BCUT2D eigenvalue weighted by atomic mass is 10.0. The van der Waals surface area contributed by atoms with Gasteiger partial charge in [0.1, 0.15) is 5.75 Å². The third-order valence-corrected chi connectivity index (χ3v) is 3.34. The van der Waals surface area contributed by atoms with Crippen LogP contribution < -0.4 is 5.73 Å². The van der Waals surface area contributed by atoms with Crippen LogP contribution in [-0.4, -0.2) is 16.8 Å². The molecule has 0 spiro atoms. The minimum absolute atomic E-state index is 0.120. The van der Waals surface area contributed by atoms with Gasteiger partial charge in [0, 0.05) is 5.56 Å². The maximum absolute atomic E-state index is 9.77. The molecular formula is C10H14BrNO2. The molecule has 3 nitrogen and oxygen atoms in total. The highest BCUT2D eigenvalue weighted by molar-refractivity contribution is 9.10. The molecule has 0 aromatic heterocycles. The summed E-state index contributed by atoms with van der Waals surface area (Å²) in [6, 6.07) is 1.27. The van der Waals surface area contributed by atoms with Crippen LogP contribution in [0.15, 0.2) is 10.5 Å². The predicted molar refractivity (Wildman–Crippen MR) is 59.3 cm³/mol. The second-order valence-corrected chi connectivity index (χ2v) is 4.15. The molecule has 1 aromatic rings. The number of phenols is 1. The van der Waals surface area contributed by atoms with Crippen LogP contribution in [0.1, 0.15) is 22.7 Å². The Morgan fingerprint density at radius 1 is 1.50 bits per heavy atom. The van der Waals surface area contributed by atoms with Gasteiger partial charge in [-0.2, -0.15) is 0 Å². The lowest BCUT2D eigenvalue weighted by Gasteiger charge is -2.15. The Morgan fingerprint density at radius 2 is 2.07 bits per heavy atom. The van der Waals surface area contributed by atoms with E-state index in [-0.39, 0.29) is 12.4 Å². The topological polar surface area (TPSA) is 66.5 Å². The number of nitrogens with two attached hydrogens (primary N) is 1. The highest BCUT2D eigenvalue weighted by atomic mass is 79.9. The third-order valence-electron chi connectivity index (χ3n) is 2.37. The molecule has 0 amide bonds. The molecule has 0 unspecified atom stereocenters. The molecular weight excluding hydrogens is 246 g/mol. The van der Waals surface area contributed by atoms with Gasteiger partial charge in [-0.3, -0.25) is 0 Å². The third kappa shape index (κ3) is 1.92. The summed E-state index contributed by atoms with van der Waals surface area (Å²) in [6.45, 7) is 3.67. The standard InChI is InChI=1S/C10H14BrNO2/c1-5-3-7(8(12)4-13)10(14)9(11)6(5)2/h3,8,13-14H,4,12H2,1-2H3/t8-/m0/s1. The fourth-order valence-corrected chi connectivity index (χ4v) is 1.81. The van der Waals surface area contributed by atoms with Crippen molar-refractivity contribution in [2.45, 2.75) is 19.9 Å². The van der Waals surface area contributed by atoms with Crippen molar-refractivity contribution in [2.75, 3.05) is 6.61 Å². The minimum atomic E-state index is -0.536. The summed E-state index contributed by atoms with van der Waals surface area (Å²) in [5, 5.41) is 18.7. The van der Waals surface area contributed by atoms with Crippen LogP contribution >= 0.6 is 15.9 Å². The van der Waals surface area contributed by atoms with Gasteiger partial charge in [0.25, 0.3) is 0 Å². The molecule has 0 aliphatic rings. The van der Waals surface area contributed by atoms with Crippen molar-refractivity contribution in [2.24, 2.45) is 5.73 Å². The molecule has 78 valence electrons. The van der Waals surface area contributed by atoms with E-state index in [9.17, 15) is 5.11 Å². The molecule has 0 heterocycles. The first-order valence-electron chi connectivity index (χ1n) is 4.34. The second-order valence-electron chi connectivity index (χ2n) is 3.36. The zero-order valence-electron chi connectivity index (χ0n) is 8.21. The van der Waals surface area contributed by atoms with Gasteiger partial charge in [0.15, 0.2) is 0 Å². The van der Waals surface area contributed by atoms with Crippen LogP contribution in [0.5, 0.6) is 5.75 Å². The number of aliphatic hydroxyl groups excluding tert-OH is 1. The van der Waals surface area contributed by atoms with Crippen molar-refractivity contribution < 1.29 is 10.2 Å². The summed E-state index contributed by atoms with van der Waals surface area (Å²) in [5.41, 5.74) is 8.24. The zero-order valence-corrected chi connectivity index (χ0v) is 9.80. The van der Waals surface area contributed by atoms with E-state index in [0.29, 0.717) is 10.0 Å². The van der Waals surface area contributed by atoms with Crippen LogP contribution in [0.2, 0.25) is 0 Å². The van der Waals surface area contributed by atoms with E-state index < -0.39 is 6.04 Å². The van der Waals surface area contributed by atoms with E-state index in [1.54, 1.807) is 6.07 Å². The first kappa shape index (κ1) is 11.5. The van der Waals surface area contributed by atoms with Gasteiger partial charge in [-0.05, 0) is 40.9 Å². The lowest BCUT2D eigenvalue weighted by molar-refractivity contribution is 0.265. The summed E-state index contributed by atoms with van der Waals surface area (Å²) in [6.07, 6.45) is 0. The Bertz CT molecular complexity index is 352. The largest absolute Gasteiger partial charge is 0.506 e. The van der Waals surface area contributed by atoms with Crippen molar-refractivity contribution in [3.8, 4) is 5.75 Å². The fourth-order valence-electron chi connectivity index (χ4n) is 1.27. The number of hydrogen-bond acceptors (Lipinski definition) is 3. The Hall–Kier alpha value is -0.580. The van der Waals surface area contributed by atoms with E-state index in [1.807, 2.05) is 13.8 Å². The molecule has 0 saturated heterocycles. The monoisotopic (exact) mass is 259 g/mol. The smallest absolute Gasteiger partial charge is 0.134 e. The van der Waals surface area contributed by atoms with E-state index in [0.717, 1.165) is 11.1 Å². The summed E-state index contributed by atoms with van der Waals surface area (Å²) in [4.78, 5) is 0. The van der Waals surface area contributed by atoms with Crippen molar-refractivity contribution in [1.82, 2.24) is 0 Å². The van der Waals surface area contributed by atoms with Crippen LogP contribution in [0.25, 0.3) is 0 Å². The van der Waals surface area contributed by atoms with Gasteiger partial charge in [-0.25, -0.2) is 0 Å². The summed E-state index contributed by atoms with van der Waals surface area (Å²) >= 11 is 3.29. The molecule has 4 heteroatoms. The fraction of sp³-hybridized carbons (Fsp3) is 0.400. The quantitative estimate of drug-likeness (QED) is 0.759. The number of aryl methyl sites for hydroxylation is 1. The van der Waals surface area contributed by atoms with E-state index in [4.69, 9.17) is 10.8 Å². The Morgan fingerprint density at radius 3 is 2.57 bits per heavy atom. The predicted octanol–water partition coefficient (Wildman–Crippen LogP) is 1.76. The number of benzene rings is 1. The minimum Gasteiger partial charge on any atom is -0.506 e. The van der Waals surface area contributed by atoms with Crippen LogP contribution in [0.3, 0.4) is 0 Å². The van der Waals surface area contributed by atoms with Gasteiger partial charge < -0.3 is 15.9 Å². The molecule has 14 heavy (non-hydrogen) atoms. The van der Waals surface area contributed by atoms with Crippen molar-refractivity contribution >= 4 is 15.9 Å². The number of hydrogen-bond donors (Lipinski definition) is 3. The summed E-state index contributed by atoms with van der Waals surface area (Å²) in [5.74, 6) is 0.120. The number of aromatic hydroxyl groups is 1. The molecule has 4 N–H and O–H groups in total. The number of halogens is 1. The molecule has 1 atom stereocenters. The number of rotatable bonds is 2. The number of phenolic OH excluding ortho intramolecular Hbond substituents is 1. The molecule has 1 aromatic carbocycles. The molecule has 0 saturated carbocycles. The first-order valence-corrected chi connectivity index (χ1v) is 5.13. The van der Waals surface area contributed by atoms with Gasteiger partial charge in [-0.15, -0.1) is 0 Å².